The SMILES string of the molecule is FC(F)(F)SCCNc1ccccc1Oc1ccccc1. The van der Waals surface area contributed by atoms with E-state index in [9.17, 15) is 13.2 Å². The third kappa shape index (κ3) is 5.59. The van der Waals surface area contributed by atoms with E-state index in [1.165, 1.54) is 0 Å². The fraction of sp³-hybridized carbons (Fsp3) is 0.200. The molecule has 0 aliphatic carbocycles. The summed E-state index contributed by atoms with van der Waals surface area (Å²) in [6, 6.07) is 16.4. The van der Waals surface area contributed by atoms with Crippen molar-refractivity contribution in [2.45, 2.75) is 5.51 Å². The lowest BCUT2D eigenvalue weighted by molar-refractivity contribution is -0.0327. The molecule has 0 bridgehead atoms. The summed E-state index contributed by atoms with van der Waals surface area (Å²) >= 11 is -0.0407. The highest BCUT2D eigenvalue weighted by molar-refractivity contribution is 8.00. The Morgan fingerprint density at radius 2 is 1.62 bits per heavy atom. The second kappa shape index (κ2) is 7.26. The van der Waals surface area contributed by atoms with Crippen molar-refractivity contribution in [3.8, 4) is 11.5 Å². The fourth-order valence-electron chi connectivity index (χ4n) is 1.67. The van der Waals surface area contributed by atoms with Gasteiger partial charge >= 0.3 is 5.51 Å². The third-order valence-electron chi connectivity index (χ3n) is 2.54. The van der Waals surface area contributed by atoms with E-state index in [4.69, 9.17) is 4.74 Å². The van der Waals surface area contributed by atoms with Crippen LogP contribution in [0, 0.1) is 0 Å². The zero-order chi connectivity index (χ0) is 15.1. The minimum atomic E-state index is -4.19. The van der Waals surface area contributed by atoms with Crippen molar-refractivity contribution < 1.29 is 17.9 Å². The Balaban J connectivity index is 1.94. The molecule has 2 nitrogen and oxygen atoms in total. The first-order valence-corrected chi connectivity index (χ1v) is 7.30. The third-order valence-corrected chi connectivity index (χ3v) is 3.28. The Bertz CT molecular complexity index is 560. The van der Waals surface area contributed by atoms with Gasteiger partial charge in [-0.3, -0.25) is 0 Å². The van der Waals surface area contributed by atoms with Crippen LogP contribution in [0.15, 0.2) is 54.6 Å². The molecule has 6 heteroatoms. The van der Waals surface area contributed by atoms with Crippen LogP contribution in [0.5, 0.6) is 11.5 Å². The van der Waals surface area contributed by atoms with E-state index in [1.54, 1.807) is 18.2 Å². The predicted octanol–water partition coefficient (Wildman–Crippen LogP) is 5.14. The quantitative estimate of drug-likeness (QED) is 0.746. The minimum Gasteiger partial charge on any atom is -0.455 e. The Hall–Kier alpha value is -1.82. The molecule has 0 unspecified atom stereocenters. The highest BCUT2D eigenvalue weighted by atomic mass is 32.2. The summed E-state index contributed by atoms with van der Waals surface area (Å²) in [4.78, 5) is 0. The molecule has 0 aliphatic rings. The second-order valence-corrected chi connectivity index (χ2v) is 5.29. The van der Waals surface area contributed by atoms with Crippen molar-refractivity contribution in [2.24, 2.45) is 0 Å². The first-order valence-electron chi connectivity index (χ1n) is 6.31. The van der Waals surface area contributed by atoms with Gasteiger partial charge in [0.25, 0.3) is 0 Å². The van der Waals surface area contributed by atoms with E-state index in [1.807, 2.05) is 36.4 Å². The van der Waals surface area contributed by atoms with Gasteiger partial charge in [-0.05, 0) is 36.0 Å². The normalized spacial score (nSPS) is 11.2. The van der Waals surface area contributed by atoms with E-state index in [0.717, 1.165) is 0 Å². The van der Waals surface area contributed by atoms with E-state index in [0.29, 0.717) is 17.2 Å². The summed E-state index contributed by atoms with van der Waals surface area (Å²) < 4.78 is 41.9. The lowest BCUT2D eigenvalue weighted by atomic mass is 10.3. The van der Waals surface area contributed by atoms with E-state index in [-0.39, 0.29) is 24.1 Å². The summed E-state index contributed by atoms with van der Waals surface area (Å²) in [5.74, 6) is 1.21. The van der Waals surface area contributed by atoms with Crippen LogP contribution >= 0.6 is 11.8 Å². The Morgan fingerprint density at radius 3 is 2.33 bits per heavy atom. The molecule has 0 aromatic heterocycles. The molecule has 2 rings (SSSR count). The molecule has 0 atom stereocenters. The Kier molecular flexibility index (Phi) is 5.38. The van der Waals surface area contributed by atoms with Gasteiger partial charge in [-0.1, -0.05) is 30.3 Å². The van der Waals surface area contributed by atoms with E-state index in [2.05, 4.69) is 5.32 Å². The van der Waals surface area contributed by atoms with Crippen LogP contribution in [0.4, 0.5) is 18.9 Å². The maximum absolute atomic E-state index is 12.1. The van der Waals surface area contributed by atoms with Crippen molar-refractivity contribution >= 4 is 17.4 Å². The number of alkyl halides is 3. The van der Waals surface area contributed by atoms with Crippen LogP contribution in [0.1, 0.15) is 0 Å². The van der Waals surface area contributed by atoms with Gasteiger partial charge in [0.1, 0.15) is 5.75 Å². The molecular weight excluding hydrogens is 299 g/mol. The number of rotatable bonds is 6. The topological polar surface area (TPSA) is 21.3 Å². The fourth-order valence-corrected chi connectivity index (χ4v) is 2.11. The maximum Gasteiger partial charge on any atom is 0.441 e. The predicted molar refractivity (Wildman–Crippen MR) is 80.0 cm³/mol. The van der Waals surface area contributed by atoms with Crippen LogP contribution < -0.4 is 10.1 Å². The molecule has 0 radical (unpaired) electrons. The standard InChI is InChI=1S/C15H14F3NOS/c16-15(17,18)21-11-10-19-13-8-4-5-9-14(13)20-12-6-2-1-3-7-12/h1-9,19H,10-11H2. The molecule has 21 heavy (non-hydrogen) atoms. The van der Waals surface area contributed by atoms with E-state index >= 15 is 0 Å². The molecule has 0 amide bonds. The number of ether oxygens (including phenoxy) is 1. The molecule has 112 valence electrons. The monoisotopic (exact) mass is 313 g/mol. The van der Waals surface area contributed by atoms with Gasteiger partial charge in [0.05, 0.1) is 5.69 Å². The molecule has 0 heterocycles. The average Bonchev–Trinajstić information content (AvgIpc) is 2.45. The Morgan fingerprint density at radius 1 is 0.952 bits per heavy atom. The van der Waals surface area contributed by atoms with Gasteiger partial charge in [0, 0.05) is 12.3 Å². The molecule has 0 saturated carbocycles. The van der Waals surface area contributed by atoms with Gasteiger partial charge in [-0.2, -0.15) is 13.2 Å². The zero-order valence-corrected chi connectivity index (χ0v) is 11.9. The average molecular weight is 313 g/mol. The van der Waals surface area contributed by atoms with Gasteiger partial charge < -0.3 is 10.1 Å². The van der Waals surface area contributed by atoms with Crippen LogP contribution in [0.25, 0.3) is 0 Å². The molecule has 0 spiro atoms. The van der Waals surface area contributed by atoms with E-state index < -0.39 is 5.51 Å². The first-order chi connectivity index (χ1) is 10.0. The molecule has 0 saturated heterocycles. The maximum atomic E-state index is 12.1. The summed E-state index contributed by atoms with van der Waals surface area (Å²) in [7, 11) is 0. The van der Waals surface area contributed by atoms with Gasteiger partial charge in [0.15, 0.2) is 5.75 Å². The van der Waals surface area contributed by atoms with Gasteiger partial charge in [0.2, 0.25) is 0 Å². The summed E-state index contributed by atoms with van der Waals surface area (Å²) in [6.07, 6.45) is 0. The van der Waals surface area contributed by atoms with Crippen molar-refractivity contribution in [1.82, 2.24) is 0 Å². The number of para-hydroxylation sites is 3. The van der Waals surface area contributed by atoms with Crippen molar-refractivity contribution in [3.05, 3.63) is 54.6 Å². The number of benzene rings is 2. The van der Waals surface area contributed by atoms with Crippen LogP contribution in [0.2, 0.25) is 0 Å². The number of halogens is 3. The van der Waals surface area contributed by atoms with Crippen molar-refractivity contribution in [1.29, 1.82) is 0 Å². The number of thioether (sulfide) groups is 1. The molecule has 2 aromatic carbocycles. The molecule has 1 N–H and O–H groups in total. The number of anilines is 1. The lowest BCUT2D eigenvalue weighted by Crippen LogP contribution is -2.09. The summed E-state index contributed by atoms with van der Waals surface area (Å²) in [5.41, 5.74) is -3.52. The lowest BCUT2D eigenvalue weighted by Gasteiger charge is -2.13. The van der Waals surface area contributed by atoms with Gasteiger partial charge in [-0.15, -0.1) is 0 Å². The number of hydrogen-bond acceptors (Lipinski definition) is 3. The van der Waals surface area contributed by atoms with Crippen molar-refractivity contribution in [2.75, 3.05) is 17.6 Å². The van der Waals surface area contributed by atoms with Crippen LogP contribution in [-0.4, -0.2) is 17.8 Å². The first kappa shape index (κ1) is 15.6. The van der Waals surface area contributed by atoms with Gasteiger partial charge in [-0.25, -0.2) is 0 Å². The summed E-state index contributed by atoms with van der Waals surface area (Å²) in [5, 5.41) is 2.96. The highest BCUT2D eigenvalue weighted by Gasteiger charge is 2.27. The Labute approximate surface area is 125 Å². The zero-order valence-electron chi connectivity index (χ0n) is 11.1. The molecule has 0 fully saturated rings. The summed E-state index contributed by atoms with van der Waals surface area (Å²) in [6.45, 7) is 0.208. The highest BCUT2D eigenvalue weighted by Crippen LogP contribution is 2.31. The number of nitrogens with one attached hydrogen (secondary N) is 1. The molecule has 0 aliphatic heterocycles. The molecule has 2 aromatic rings. The largest absolute Gasteiger partial charge is 0.455 e. The van der Waals surface area contributed by atoms with Crippen LogP contribution in [-0.2, 0) is 0 Å². The minimum absolute atomic E-state index is 0.0407. The van der Waals surface area contributed by atoms with Crippen molar-refractivity contribution in [3.63, 3.8) is 0 Å². The number of hydrogen-bond donors (Lipinski definition) is 1. The molecular formula is C15H14F3NOS. The second-order valence-electron chi connectivity index (χ2n) is 4.13. The smallest absolute Gasteiger partial charge is 0.441 e. The van der Waals surface area contributed by atoms with Crippen LogP contribution in [0.3, 0.4) is 0 Å².